The van der Waals surface area contributed by atoms with Crippen molar-refractivity contribution in [2.75, 3.05) is 0 Å². The quantitative estimate of drug-likeness (QED) is 0.660. The fraction of sp³-hybridized carbons (Fsp3) is 0.800. The second kappa shape index (κ2) is 3.35. The van der Waals surface area contributed by atoms with Crippen molar-refractivity contribution < 1.29 is 14.7 Å². The van der Waals surface area contributed by atoms with Gasteiger partial charge in [-0.15, -0.1) is 0 Å². The van der Waals surface area contributed by atoms with Gasteiger partial charge in [-0.05, 0) is 13.8 Å². The molecule has 0 bridgehead atoms. The average molecular weight is 199 g/mol. The van der Waals surface area contributed by atoms with E-state index in [1.54, 1.807) is 27.7 Å². The number of hydrogen-bond acceptors (Lipinski definition) is 3. The highest BCUT2D eigenvalue weighted by molar-refractivity contribution is 6.05. The third kappa shape index (κ3) is 1.66. The number of aliphatic hydroxyl groups excluding tert-OH is 1. The van der Waals surface area contributed by atoms with Crippen molar-refractivity contribution in [2.24, 2.45) is 5.41 Å². The molecule has 1 heterocycles. The standard InChI is InChI=1S/C10H17NO3/c1-6(7(2)12)11-8(13)5-10(3,4)9(11)14/h6-7,12H,5H2,1-4H3. The molecule has 1 aliphatic rings. The first kappa shape index (κ1) is 11.2. The van der Waals surface area contributed by atoms with Crippen LogP contribution in [0.3, 0.4) is 0 Å². The maximum absolute atomic E-state index is 11.8. The van der Waals surface area contributed by atoms with Crippen LogP contribution in [0.15, 0.2) is 0 Å². The third-order valence-corrected chi connectivity index (χ3v) is 2.77. The summed E-state index contributed by atoms with van der Waals surface area (Å²) in [5, 5.41) is 9.34. The minimum atomic E-state index is -0.684. The lowest BCUT2D eigenvalue weighted by Gasteiger charge is -2.26. The van der Waals surface area contributed by atoms with Crippen LogP contribution >= 0.6 is 0 Å². The van der Waals surface area contributed by atoms with Crippen molar-refractivity contribution in [3.8, 4) is 0 Å². The van der Waals surface area contributed by atoms with E-state index in [1.165, 1.54) is 4.90 Å². The van der Waals surface area contributed by atoms with Crippen LogP contribution in [0.25, 0.3) is 0 Å². The summed E-state index contributed by atoms with van der Waals surface area (Å²) in [7, 11) is 0. The van der Waals surface area contributed by atoms with Crippen molar-refractivity contribution in [2.45, 2.75) is 46.3 Å². The molecule has 0 saturated carbocycles. The highest BCUT2D eigenvalue weighted by Gasteiger charge is 2.47. The second-order valence-corrected chi connectivity index (χ2v) is 4.61. The van der Waals surface area contributed by atoms with Crippen LogP contribution < -0.4 is 0 Å². The topological polar surface area (TPSA) is 57.6 Å². The highest BCUT2D eigenvalue weighted by atomic mass is 16.3. The first-order valence-corrected chi connectivity index (χ1v) is 4.82. The van der Waals surface area contributed by atoms with E-state index in [4.69, 9.17) is 0 Å². The molecule has 1 rings (SSSR count). The fourth-order valence-electron chi connectivity index (χ4n) is 1.61. The molecule has 0 aromatic heterocycles. The molecule has 2 atom stereocenters. The Kier molecular flexibility index (Phi) is 2.67. The van der Waals surface area contributed by atoms with Crippen LogP contribution in [0.4, 0.5) is 0 Å². The number of likely N-dealkylation sites (tertiary alicyclic amines) is 1. The number of aliphatic hydroxyl groups is 1. The van der Waals surface area contributed by atoms with Crippen LogP contribution in [0.1, 0.15) is 34.1 Å². The van der Waals surface area contributed by atoms with Gasteiger partial charge in [-0.25, -0.2) is 0 Å². The predicted octanol–water partition coefficient (Wildman–Crippen LogP) is 0.541. The molecule has 1 saturated heterocycles. The third-order valence-electron chi connectivity index (χ3n) is 2.77. The minimum absolute atomic E-state index is 0.184. The first-order valence-electron chi connectivity index (χ1n) is 4.82. The molecule has 2 amide bonds. The van der Waals surface area contributed by atoms with E-state index in [2.05, 4.69) is 0 Å². The zero-order chi connectivity index (χ0) is 11.1. The normalized spacial score (nSPS) is 25.4. The summed E-state index contributed by atoms with van der Waals surface area (Å²) >= 11 is 0. The van der Waals surface area contributed by atoms with Gasteiger partial charge in [0.2, 0.25) is 11.8 Å². The second-order valence-electron chi connectivity index (χ2n) is 4.61. The Bertz CT molecular complexity index is 271. The Balaban J connectivity index is 2.91. The smallest absolute Gasteiger partial charge is 0.235 e. The molecule has 1 aliphatic heterocycles. The van der Waals surface area contributed by atoms with Gasteiger partial charge >= 0.3 is 0 Å². The summed E-state index contributed by atoms with van der Waals surface area (Å²) in [6.45, 7) is 6.77. The van der Waals surface area contributed by atoms with Crippen molar-refractivity contribution in [1.82, 2.24) is 4.90 Å². The van der Waals surface area contributed by atoms with Gasteiger partial charge in [-0.3, -0.25) is 14.5 Å². The van der Waals surface area contributed by atoms with Crippen molar-refractivity contribution in [3.63, 3.8) is 0 Å². The largest absolute Gasteiger partial charge is 0.391 e. The van der Waals surface area contributed by atoms with Crippen LogP contribution in [0.5, 0.6) is 0 Å². The predicted molar refractivity (Wildman–Crippen MR) is 51.4 cm³/mol. The van der Waals surface area contributed by atoms with E-state index in [1.807, 2.05) is 0 Å². The van der Waals surface area contributed by atoms with E-state index >= 15 is 0 Å². The fourth-order valence-corrected chi connectivity index (χ4v) is 1.61. The maximum Gasteiger partial charge on any atom is 0.235 e. The molecule has 2 unspecified atom stereocenters. The zero-order valence-electron chi connectivity index (χ0n) is 9.07. The van der Waals surface area contributed by atoms with E-state index < -0.39 is 17.6 Å². The lowest BCUT2D eigenvalue weighted by Crippen LogP contribution is -2.45. The Morgan fingerprint density at radius 1 is 1.36 bits per heavy atom. The van der Waals surface area contributed by atoms with Crippen LogP contribution in [0, 0.1) is 5.41 Å². The molecule has 0 aromatic rings. The number of hydrogen-bond donors (Lipinski definition) is 1. The summed E-state index contributed by atoms with van der Waals surface area (Å²) in [5.74, 6) is -0.371. The van der Waals surface area contributed by atoms with E-state index in [0.717, 1.165) is 0 Å². The van der Waals surface area contributed by atoms with Crippen LogP contribution in [-0.2, 0) is 9.59 Å². The number of carbonyl (C=O) groups excluding carboxylic acids is 2. The summed E-state index contributed by atoms with van der Waals surface area (Å²) in [4.78, 5) is 24.5. The minimum Gasteiger partial charge on any atom is -0.391 e. The zero-order valence-corrected chi connectivity index (χ0v) is 9.07. The monoisotopic (exact) mass is 199 g/mol. The van der Waals surface area contributed by atoms with Crippen molar-refractivity contribution >= 4 is 11.8 Å². The van der Waals surface area contributed by atoms with Crippen LogP contribution in [0.2, 0.25) is 0 Å². The number of imide groups is 1. The molecule has 4 heteroatoms. The molecule has 0 aromatic carbocycles. The van der Waals surface area contributed by atoms with Gasteiger partial charge in [0.05, 0.1) is 17.6 Å². The van der Waals surface area contributed by atoms with E-state index in [9.17, 15) is 14.7 Å². The van der Waals surface area contributed by atoms with Gasteiger partial charge in [-0.1, -0.05) is 13.8 Å². The average Bonchev–Trinajstić information content (AvgIpc) is 2.21. The van der Waals surface area contributed by atoms with Gasteiger partial charge in [-0.2, -0.15) is 0 Å². The highest BCUT2D eigenvalue weighted by Crippen LogP contribution is 2.33. The summed E-state index contributed by atoms with van der Waals surface area (Å²) in [5.41, 5.74) is -0.611. The summed E-state index contributed by atoms with van der Waals surface area (Å²) in [6.07, 6.45) is -0.445. The molecular formula is C10H17NO3. The van der Waals surface area contributed by atoms with Gasteiger partial charge in [0.15, 0.2) is 0 Å². The number of amides is 2. The first-order chi connectivity index (χ1) is 6.27. The van der Waals surface area contributed by atoms with Crippen molar-refractivity contribution in [3.05, 3.63) is 0 Å². The Morgan fingerprint density at radius 2 is 1.86 bits per heavy atom. The molecule has 0 spiro atoms. The Morgan fingerprint density at radius 3 is 2.14 bits per heavy atom. The Labute approximate surface area is 83.9 Å². The van der Waals surface area contributed by atoms with E-state index in [0.29, 0.717) is 0 Å². The lowest BCUT2D eigenvalue weighted by atomic mass is 9.92. The van der Waals surface area contributed by atoms with Crippen LogP contribution in [-0.4, -0.2) is 34.0 Å². The number of rotatable bonds is 2. The molecule has 0 radical (unpaired) electrons. The molecule has 80 valence electrons. The van der Waals surface area contributed by atoms with Gasteiger partial charge in [0.25, 0.3) is 0 Å². The molecule has 4 nitrogen and oxygen atoms in total. The van der Waals surface area contributed by atoms with E-state index in [-0.39, 0.29) is 18.2 Å². The molecular weight excluding hydrogens is 182 g/mol. The summed E-state index contributed by atoms with van der Waals surface area (Å²) in [6, 6.07) is -0.434. The maximum atomic E-state index is 11.8. The summed E-state index contributed by atoms with van der Waals surface area (Å²) < 4.78 is 0. The molecule has 0 aliphatic carbocycles. The van der Waals surface area contributed by atoms with Gasteiger partial charge in [0, 0.05) is 6.42 Å². The Hall–Kier alpha value is -0.900. The van der Waals surface area contributed by atoms with Gasteiger partial charge in [0.1, 0.15) is 0 Å². The molecule has 1 N–H and O–H groups in total. The SMILES string of the molecule is CC(O)C(C)N1C(=O)CC(C)(C)C1=O. The van der Waals surface area contributed by atoms with Gasteiger partial charge < -0.3 is 5.11 Å². The lowest BCUT2D eigenvalue weighted by molar-refractivity contribution is -0.145. The molecule has 1 fully saturated rings. The number of nitrogens with zero attached hydrogens (tertiary/aromatic N) is 1. The van der Waals surface area contributed by atoms with Crippen molar-refractivity contribution in [1.29, 1.82) is 0 Å². The number of carbonyl (C=O) groups is 2. The molecule has 14 heavy (non-hydrogen) atoms.